The topological polar surface area (TPSA) is 142 Å². The highest BCUT2D eigenvalue weighted by Crippen LogP contribution is 2.43. The van der Waals surface area contributed by atoms with Crippen molar-refractivity contribution in [3.63, 3.8) is 0 Å². The van der Waals surface area contributed by atoms with Crippen molar-refractivity contribution in [2.75, 3.05) is 7.05 Å². The van der Waals surface area contributed by atoms with E-state index in [2.05, 4.69) is 15.0 Å². The van der Waals surface area contributed by atoms with Crippen LogP contribution in [0.2, 0.25) is 0 Å². The lowest BCUT2D eigenvalue weighted by Crippen LogP contribution is -2.15. The van der Waals surface area contributed by atoms with Crippen LogP contribution in [0.15, 0.2) is 51.0 Å². The SMILES string of the molecule is CN=c1cc2c(=O)[nH]c(O)c3ccc4c5c(=N)cc6c(=O)[nH]c(O)c7ccc(c1c4c32)c5c76. The molecule has 8 nitrogen and oxygen atoms in total. The van der Waals surface area contributed by atoms with E-state index < -0.39 is 11.1 Å². The van der Waals surface area contributed by atoms with Gasteiger partial charge in [-0.25, -0.2) is 0 Å². The van der Waals surface area contributed by atoms with E-state index in [9.17, 15) is 19.8 Å². The number of nitrogens with one attached hydrogen (secondary N) is 3. The van der Waals surface area contributed by atoms with E-state index in [1.165, 1.54) is 6.07 Å². The highest BCUT2D eigenvalue weighted by Gasteiger charge is 2.23. The zero-order valence-corrected chi connectivity index (χ0v) is 17.1. The summed E-state index contributed by atoms with van der Waals surface area (Å²) in [6.45, 7) is 0. The minimum Gasteiger partial charge on any atom is -0.494 e. The number of hydrogen-bond acceptors (Lipinski definition) is 6. The molecule has 2 heterocycles. The van der Waals surface area contributed by atoms with E-state index in [4.69, 9.17) is 5.41 Å². The fourth-order valence-corrected chi connectivity index (χ4v) is 5.50. The van der Waals surface area contributed by atoms with Crippen molar-refractivity contribution in [3.05, 3.63) is 67.8 Å². The van der Waals surface area contributed by atoms with Crippen LogP contribution in [0.25, 0.3) is 64.6 Å². The first kappa shape index (κ1) is 17.9. The molecular formula is C25H14N4O4. The zero-order valence-electron chi connectivity index (χ0n) is 17.1. The highest BCUT2D eigenvalue weighted by atomic mass is 16.3. The molecule has 7 rings (SSSR count). The zero-order chi connectivity index (χ0) is 22.8. The Bertz CT molecular complexity index is 2230. The van der Waals surface area contributed by atoms with Gasteiger partial charge in [0.2, 0.25) is 0 Å². The first-order valence-electron chi connectivity index (χ1n) is 10.3. The first-order chi connectivity index (χ1) is 15.9. The van der Waals surface area contributed by atoms with Gasteiger partial charge in [0, 0.05) is 50.1 Å². The molecule has 0 atom stereocenters. The van der Waals surface area contributed by atoms with Gasteiger partial charge in [-0.3, -0.25) is 24.5 Å². The molecule has 0 aliphatic heterocycles. The lowest BCUT2D eigenvalue weighted by molar-refractivity contribution is 0.458. The second kappa shape index (κ2) is 5.55. The van der Waals surface area contributed by atoms with E-state index in [0.29, 0.717) is 53.8 Å². The Kier molecular flexibility index (Phi) is 3.01. The van der Waals surface area contributed by atoms with Crippen LogP contribution in [0.4, 0.5) is 0 Å². The molecule has 5 aromatic carbocycles. The summed E-state index contributed by atoms with van der Waals surface area (Å²) in [5, 5.41) is 37.6. The Balaban J connectivity index is 2.01. The second-order valence-electron chi connectivity index (χ2n) is 8.32. The van der Waals surface area contributed by atoms with Gasteiger partial charge in [0.05, 0.1) is 21.5 Å². The lowest BCUT2D eigenvalue weighted by atomic mass is 9.85. The largest absolute Gasteiger partial charge is 0.494 e. The molecule has 8 heteroatoms. The van der Waals surface area contributed by atoms with Crippen molar-refractivity contribution in [1.29, 1.82) is 5.41 Å². The smallest absolute Gasteiger partial charge is 0.258 e. The number of fused-ring (bicyclic) bond motifs is 2. The van der Waals surface area contributed by atoms with Gasteiger partial charge < -0.3 is 15.6 Å². The number of aromatic hydroxyl groups is 2. The lowest BCUT2D eigenvalue weighted by Gasteiger charge is -2.18. The third kappa shape index (κ3) is 1.92. The molecule has 0 saturated heterocycles. The monoisotopic (exact) mass is 434 g/mol. The van der Waals surface area contributed by atoms with Crippen LogP contribution in [0.1, 0.15) is 0 Å². The third-order valence-electron chi connectivity index (χ3n) is 6.79. The molecule has 158 valence electrons. The van der Waals surface area contributed by atoms with Gasteiger partial charge in [0.25, 0.3) is 11.1 Å². The predicted octanol–water partition coefficient (Wildman–Crippen LogP) is 2.72. The van der Waals surface area contributed by atoms with E-state index in [1.807, 2.05) is 12.1 Å². The Hall–Kier alpha value is -4.72. The van der Waals surface area contributed by atoms with Crippen LogP contribution in [0.3, 0.4) is 0 Å². The second-order valence-corrected chi connectivity index (χ2v) is 8.32. The number of benzene rings is 5. The Morgan fingerprint density at radius 1 is 0.667 bits per heavy atom. The molecule has 0 fully saturated rings. The fraction of sp³-hybridized carbons (Fsp3) is 0.0400. The van der Waals surface area contributed by atoms with Gasteiger partial charge in [-0.2, -0.15) is 0 Å². The molecule has 2 aromatic heterocycles. The molecule has 0 unspecified atom stereocenters. The number of aromatic nitrogens is 2. The van der Waals surface area contributed by atoms with Gasteiger partial charge in [0.1, 0.15) is 0 Å². The number of aromatic amines is 2. The maximum absolute atomic E-state index is 12.7. The van der Waals surface area contributed by atoms with Crippen LogP contribution in [0.5, 0.6) is 11.8 Å². The Labute approximate surface area is 182 Å². The summed E-state index contributed by atoms with van der Waals surface area (Å²) >= 11 is 0. The van der Waals surface area contributed by atoms with E-state index >= 15 is 0 Å². The predicted molar refractivity (Wildman–Crippen MR) is 127 cm³/mol. The molecule has 0 aliphatic carbocycles. The van der Waals surface area contributed by atoms with Crippen molar-refractivity contribution in [2.24, 2.45) is 4.99 Å². The van der Waals surface area contributed by atoms with Crippen molar-refractivity contribution in [1.82, 2.24) is 9.97 Å². The van der Waals surface area contributed by atoms with Crippen LogP contribution in [0, 0.1) is 5.41 Å². The van der Waals surface area contributed by atoms with Crippen molar-refractivity contribution < 1.29 is 10.2 Å². The number of nitrogens with zero attached hydrogens (tertiary/aromatic N) is 1. The maximum Gasteiger partial charge on any atom is 0.258 e. The molecule has 7 aromatic rings. The third-order valence-corrected chi connectivity index (χ3v) is 6.79. The van der Waals surface area contributed by atoms with E-state index in [0.717, 1.165) is 16.2 Å². The first-order valence-corrected chi connectivity index (χ1v) is 10.3. The average molecular weight is 434 g/mol. The molecule has 0 spiro atoms. The summed E-state index contributed by atoms with van der Waals surface area (Å²) in [4.78, 5) is 34.8. The average Bonchev–Trinajstić information content (AvgIpc) is 2.80. The van der Waals surface area contributed by atoms with Crippen LogP contribution < -0.4 is 21.8 Å². The molecular weight excluding hydrogens is 420 g/mol. The summed E-state index contributed by atoms with van der Waals surface area (Å²) in [6, 6.07) is 10.3. The van der Waals surface area contributed by atoms with Gasteiger partial charge in [-0.05, 0) is 35.0 Å². The minimum atomic E-state index is -0.468. The summed E-state index contributed by atoms with van der Waals surface area (Å²) in [5.41, 5.74) is -0.892. The van der Waals surface area contributed by atoms with Crippen molar-refractivity contribution >= 4 is 64.6 Å². The summed E-state index contributed by atoms with van der Waals surface area (Å²) in [5.74, 6) is -0.445. The summed E-state index contributed by atoms with van der Waals surface area (Å²) < 4.78 is 0. The van der Waals surface area contributed by atoms with Crippen molar-refractivity contribution in [2.45, 2.75) is 0 Å². The minimum absolute atomic E-state index is 0.155. The molecule has 0 radical (unpaired) electrons. The standard InChI is InChI=1S/C25H14N4O4/c1-27-15-7-13-17-11(23(31)29-25(13)33)4-2-8-18-14(26)6-12-16-10(22(30)28-24(12)32)5-3-9(20(16)18)19(15)21(8)17/h2-7,26,30-31H,1H3,(H,28,32)(H,29,33). The van der Waals surface area contributed by atoms with Gasteiger partial charge in [0.15, 0.2) is 11.8 Å². The normalized spacial score (nSPS) is 13.2. The molecule has 5 N–H and O–H groups in total. The van der Waals surface area contributed by atoms with Crippen LogP contribution >= 0.6 is 0 Å². The molecule has 0 aliphatic rings. The molecule has 0 bridgehead atoms. The molecule has 33 heavy (non-hydrogen) atoms. The number of pyridine rings is 2. The number of H-pyrrole nitrogens is 2. The number of hydrogen-bond donors (Lipinski definition) is 5. The summed E-state index contributed by atoms with van der Waals surface area (Å²) in [6.07, 6.45) is 0. The fourth-order valence-electron chi connectivity index (χ4n) is 5.50. The van der Waals surface area contributed by atoms with Gasteiger partial charge in [-0.15, -0.1) is 0 Å². The Morgan fingerprint density at radius 2 is 1.15 bits per heavy atom. The van der Waals surface area contributed by atoms with E-state index in [1.54, 1.807) is 25.2 Å². The summed E-state index contributed by atoms with van der Waals surface area (Å²) in [7, 11) is 1.64. The maximum atomic E-state index is 12.7. The Morgan fingerprint density at radius 3 is 1.73 bits per heavy atom. The van der Waals surface area contributed by atoms with Crippen molar-refractivity contribution in [3.8, 4) is 11.8 Å². The van der Waals surface area contributed by atoms with Crippen LogP contribution in [-0.4, -0.2) is 27.2 Å². The highest BCUT2D eigenvalue weighted by molar-refractivity contribution is 6.39. The van der Waals surface area contributed by atoms with Gasteiger partial charge in [-0.1, -0.05) is 12.1 Å². The molecule has 0 saturated carbocycles. The van der Waals surface area contributed by atoms with Gasteiger partial charge >= 0.3 is 0 Å². The number of rotatable bonds is 0. The molecule has 0 amide bonds. The van der Waals surface area contributed by atoms with Crippen LogP contribution in [-0.2, 0) is 0 Å². The van der Waals surface area contributed by atoms with E-state index in [-0.39, 0.29) is 17.1 Å². The quantitative estimate of drug-likeness (QED) is 0.185.